The van der Waals surface area contributed by atoms with Crippen LogP contribution in [0.25, 0.3) is 0 Å². The quantitative estimate of drug-likeness (QED) is 0.891. The van der Waals surface area contributed by atoms with Crippen LogP contribution in [0.15, 0.2) is 53.5 Å². The molecular formula is C18H16Cl2N2. The Kier molecular flexibility index (Phi) is 3.39. The molecule has 0 aromatic heterocycles. The Balaban J connectivity index is 1.79. The first-order chi connectivity index (χ1) is 10.7. The third-order valence-electron chi connectivity index (χ3n) is 4.71. The van der Waals surface area contributed by atoms with Gasteiger partial charge in [-0.3, -0.25) is 4.99 Å². The van der Waals surface area contributed by atoms with E-state index in [9.17, 15) is 0 Å². The third-order valence-corrected chi connectivity index (χ3v) is 5.21. The fourth-order valence-electron chi connectivity index (χ4n) is 3.54. The fourth-order valence-corrected chi connectivity index (χ4v) is 3.79. The first-order valence-electron chi connectivity index (χ1n) is 7.50. The normalized spacial score (nSPS) is 22.1. The van der Waals surface area contributed by atoms with Crippen molar-refractivity contribution < 1.29 is 0 Å². The van der Waals surface area contributed by atoms with Crippen LogP contribution in [0.1, 0.15) is 17.5 Å². The van der Waals surface area contributed by atoms with Gasteiger partial charge < -0.3 is 5.32 Å². The Labute approximate surface area is 140 Å². The minimum atomic E-state index is -0.00858. The molecule has 0 spiro atoms. The molecule has 1 fully saturated rings. The highest BCUT2D eigenvalue weighted by atomic mass is 35.5. The van der Waals surface area contributed by atoms with E-state index in [1.807, 2.05) is 24.3 Å². The number of hydrogen-bond acceptors (Lipinski definition) is 2. The van der Waals surface area contributed by atoms with Crippen molar-refractivity contribution in [1.29, 1.82) is 0 Å². The van der Waals surface area contributed by atoms with Gasteiger partial charge in [-0.15, -0.1) is 0 Å². The average molecular weight is 331 g/mol. The van der Waals surface area contributed by atoms with Crippen LogP contribution in [0.5, 0.6) is 0 Å². The predicted octanol–water partition coefficient (Wildman–Crippen LogP) is 4.30. The standard InChI is InChI=1S/C18H16Cl2N2/c19-14-5-1-12(2-6-14)18(13-3-7-15(20)8-4-13)11-16(18)17-21-9-10-22-17/h1-8,16H,9-11H2,(H,21,22)/t16-/m1/s1. The van der Waals surface area contributed by atoms with Crippen LogP contribution >= 0.6 is 23.2 Å². The molecule has 2 aromatic rings. The largest absolute Gasteiger partial charge is 0.372 e. The van der Waals surface area contributed by atoms with Crippen molar-refractivity contribution in [2.45, 2.75) is 11.8 Å². The number of amidine groups is 1. The second kappa shape index (κ2) is 5.29. The van der Waals surface area contributed by atoms with Crippen LogP contribution in [0, 0.1) is 5.92 Å². The van der Waals surface area contributed by atoms with Gasteiger partial charge in [0, 0.05) is 27.9 Å². The number of halogens is 2. The lowest BCUT2D eigenvalue weighted by atomic mass is 9.85. The monoisotopic (exact) mass is 330 g/mol. The maximum absolute atomic E-state index is 6.06. The summed E-state index contributed by atoms with van der Waals surface area (Å²) >= 11 is 12.1. The molecule has 1 N–H and O–H groups in total. The molecule has 1 aliphatic carbocycles. The molecule has 1 aliphatic heterocycles. The molecule has 0 amide bonds. The summed E-state index contributed by atoms with van der Waals surface area (Å²) in [4.78, 5) is 4.63. The summed E-state index contributed by atoms with van der Waals surface area (Å²) in [6, 6.07) is 16.4. The summed E-state index contributed by atoms with van der Waals surface area (Å²) in [6.07, 6.45) is 1.07. The highest BCUT2D eigenvalue weighted by molar-refractivity contribution is 6.30. The smallest absolute Gasteiger partial charge is 0.101 e. The van der Waals surface area contributed by atoms with Crippen molar-refractivity contribution >= 4 is 29.0 Å². The highest BCUT2D eigenvalue weighted by Crippen LogP contribution is 2.59. The number of nitrogens with zero attached hydrogens (tertiary/aromatic N) is 1. The second-order valence-electron chi connectivity index (χ2n) is 5.94. The summed E-state index contributed by atoms with van der Waals surface area (Å²) < 4.78 is 0. The lowest BCUT2D eigenvalue weighted by Gasteiger charge is -2.19. The third kappa shape index (κ3) is 2.22. The summed E-state index contributed by atoms with van der Waals surface area (Å²) in [5, 5.41) is 4.97. The van der Waals surface area contributed by atoms with Gasteiger partial charge in [-0.05, 0) is 41.8 Å². The first kappa shape index (κ1) is 14.1. The molecule has 2 nitrogen and oxygen atoms in total. The van der Waals surface area contributed by atoms with Crippen LogP contribution in [-0.4, -0.2) is 18.9 Å². The summed E-state index contributed by atoms with van der Waals surface area (Å²) in [7, 11) is 0. The summed E-state index contributed by atoms with van der Waals surface area (Å²) in [5.41, 5.74) is 2.58. The van der Waals surface area contributed by atoms with E-state index in [1.165, 1.54) is 11.1 Å². The van der Waals surface area contributed by atoms with Crippen LogP contribution in [0.3, 0.4) is 0 Å². The second-order valence-corrected chi connectivity index (χ2v) is 6.81. The molecule has 0 saturated heterocycles. The van der Waals surface area contributed by atoms with E-state index in [4.69, 9.17) is 23.2 Å². The molecule has 112 valence electrons. The molecule has 1 saturated carbocycles. The highest BCUT2D eigenvalue weighted by Gasteiger charge is 2.59. The maximum Gasteiger partial charge on any atom is 0.101 e. The van der Waals surface area contributed by atoms with Gasteiger partial charge in [0.1, 0.15) is 5.84 Å². The zero-order valence-corrected chi connectivity index (χ0v) is 13.5. The molecule has 0 unspecified atom stereocenters. The molecule has 0 radical (unpaired) electrons. The molecular weight excluding hydrogens is 315 g/mol. The van der Waals surface area contributed by atoms with Crippen molar-refractivity contribution in [3.05, 3.63) is 69.7 Å². The number of hydrogen-bond donors (Lipinski definition) is 1. The van der Waals surface area contributed by atoms with Gasteiger partial charge in [0.05, 0.1) is 6.54 Å². The van der Waals surface area contributed by atoms with Crippen LogP contribution in [0.2, 0.25) is 10.0 Å². The lowest BCUT2D eigenvalue weighted by Crippen LogP contribution is -2.25. The van der Waals surface area contributed by atoms with Crippen molar-refractivity contribution in [2.24, 2.45) is 10.9 Å². The molecule has 2 aromatic carbocycles. The average Bonchev–Trinajstić information content (AvgIpc) is 3.04. The van der Waals surface area contributed by atoms with E-state index in [0.717, 1.165) is 35.4 Å². The van der Waals surface area contributed by atoms with Crippen molar-refractivity contribution in [1.82, 2.24) is 5.32 Å². The summed E-state index contributed by atoms with van der Waals surface area (Å²) in [5.74, 6) is 1.56. The minimum Gasteiger partial charge on any atom is -0.372 e. The zero-order valence-electron chi connectivity index (χ0n) is 12.0. The van der Waals surface area contributed by atoms with Gasteiger partial charge in [-0.2, -0.15) is 0 Å². The Morgan fingerprint density at radius 3 is 1.91 bits per heavy atom. The van der Waals surface area contributed by atoms with E-state index in [2.05, 4.69) is 34.6 Å². The number of aliphatic imine (C=N–C) groups is 1. The first-order valence-corrected chi connectivity index (χ1v) is 8.26. The molecule has 4 heteroatoms. The lowest BCUT2D eigenvalue weighted by molar-refractivity contribution is 0.796. The minimum absolute atomic E-state index is 0.00858. The van der Waals surface area contributed by atoms with Gasteiger partial charge in [0.2, 0.25) is 0 Å². The van der Waals surface area contributed by atoms with Gasteiger partial charge in [-0.25, -0.2) is 0 Å². The van der Waals surface area contributed by atoms with Gasteiger partial charge in [0.15, 0.2) is 0 Å². The van der Waals surface area contributed by atoms with E-state index < -0.39 is 0 Å². The van der Waals surface area contributed by atoms with E-state index >= 15 is 0 Å². The molecule has 2 aliphatic rings. The van der Waals surface area contributed by atoms with E-state index in [-0.39, 0.29) is 5.41 Å². The van der Waals surface area contributed by atoms with Crippen molar-refractivity contribution in [3.8, 4) is 0 Å². The number of benzene rings is 2. The molecule has 0 bridgehead atoms. The maximum atomic E-state index is 6.06. The number of nitrogens with one attached hydrogen (secondary N) is 1. The SMILES string of the molecule is Clc1ccc(C2(c3ccc(Cl)cc3)C[C@@H]2C2=NCCN2)cc1. The Bertz CT molecular complexity index is 674. The van der Waals surface area contributed by atoms with Crippen molar-refractivity contribution in [3.63, 3.8) is 0 Å². The Morgan fingerprint density at radius 1 is 0.909 bits per heavy atom. The summed E-state index contributed by atoms with van der Waals surface area (Å²) in [6.45, 7) is 1.83. The fraction of sp³-hybridized carbons (Fsp3) is 0.278. The van der Waals surface area contributed by atoms with Crippen molar-refractivity contribution in [2.75, 3.05) is 13.1 Å². The van der Waals surface area contributed by atoms with Gasteiger partial charge in [0.25, 0.3) is 0 Å². The predicted molar refractivity (Wildman–Crippen MR) is 92.1 cm³/mol. The molecule has 4 rings (SSSR count). The topological polar surface area (TPSA) is 24.4 Å². The van der Waals surface area contributed by atoms with Gasteiger partial charge in [-0.1, -0.05) is 47.5 Å². The van der Waals surface area contributed by atoms with Crippen LogP contribution in [-0.2, 0) is 5.41 Å². The zero-order chi connectivity index (χ0) is 15.2. The van der Waals surface area contributed by atoms with E-state index in [1.54, 1.807) is 0 Å². The molecule has 1 heterocycles. The molecule has 1 atom stereocenters. The Morgan fingerprint density at radius 2 is 1.45 bits per heavy atom. The Hall–Kier alpha value is -1.51. The van der Waals surface area contributed by atoms with E-state index in [0.29, 0.717) is 5.92 Å². The molecule has 22 heavy (non-hydrogen) atoms. The van der Waals surface area contributed by atoms with Crippen LogP contribution in [0.4, 0.5) is 0 Å². The number of rotatable bonds is 3. The van der Waals surface area contributed by atoms with Gasteiger partial charge >= 0.3 is 0 Å². The van der Waals surface area contributed by atoms with Crippen LogP contribution < -0.4 is 5.32 Å².